The second-order valence-corrected chi connectivity index (χ2v) is 7.74. The molecule has 0 saturated heterocycles. The first-order valence-electron chi connectivity index (χ1n) is 8.33. The number of fused-ring (bicyclic) bond motifs is 1. The Labute approximate surface area is 156 Å². The van der Waals surface area contributed by atoms with Gasteiger partial charge in [0, 0.05) is 19.5 Å². The molecule has 3 nitrogen and oxygen atoms in total. The molecule has 0 bridgehead atoms. The molecule has 3 aromatic rings. The Morgan fingerprint density at radius 1 is 1.23 bits per heavy atom. The summed E-state index contributed by atoms with van der Waals surface area (Å²) in [6.45, 7) is 5.94. The van der Waals surface area contributed by atoms with Crippen molar-refractivity contribution in [3.8, 4) is 0 Å². The number of benzene rings is 2. The maximum atomic E-state index is 13.4. The quantitative estimate of drug-likeness (QED) is 0.609. The number of hydrogen-bond acceptors (Lipinski definition) is 3. The molecular weight excluding hydrogens is 347 g/mol. The first-order valence-corrected chi connectivity index (χ1v) is 9.14. The van der Waals surface area contributed by atoms with E-state index in [2.05, 4.69) is 6.58 Å². The van der Waals surface area contributed by atoms with E-state index in [1.54, 1.807) is 37.2 Å². The molecule has 0 unspecified atom stereocenters. The number of likely N-dealkylation sites (N-methyl/N-ethyl adjacent to an activating group) is 1. The number of carbonyl (C=O) groups is 1. The first kappa shape index (κ1) is 18.3. The summed E-state index contributed by atoms with van der Waals surface area (Å²) in [4.78, 5) is 19.4. The van der Waals surface area contributed by atoms with E-state index in [0.717, 1.165) is 20.8 Å². The minimum Gasteiger partial charge on any atom is -0.348 e. The van der Waals surface area contributed by atoms with E-state index in [0.29, 0.717) is 0 Å². The number of thiazole rings is 1. The van der Waals surface area contributed by atoms with Crippen LogP contribution in [0.1, 0.15) is 23.4 Å². The molecular formula is C21H21FN2OS. The molecule has 1 amide bonds. The van der Waals surface area contributed by atoms with E-state index < -0.39 is 11.3 Å². The highest BCUT2D eigenvalue weighted by molar-refractivity contribution is 7.18. The Balaban J connectivity index is 2.20. The van der Waals surface area contributed by atoms with Gasteiger partial charge in [0.1, 0.15) is 16.7 Å². The topological polar surface area (TPSA) is 33.2 Å². The van der Waals surface area contributed by atoms with Crippen LogP contribution in [0.5, 0.6) is 0 Å². The molecule has 5 heteroatoms. The molecule has 2 atom stereocenters. The lowest BCUT2D eigenvalue weighted by Gasteiger charge is -2.35. The molecule has 0 aliphatic rings. The summed E-state index contributed by atoms with van der Waals surface area (Å²) in [5, 5.41) is 0.733. The van der Waals surface area contributed by atoms with Crippen molar-refractivity contribution in [2.75, 3.05) is 14.1 Å². The molecule has 0 spiro atoms. The number of amides is 1. The third-order valence-corrected chi connectivity index (χ3v) is 5.84. The van der Waals surface area contributed by atoms with Crippen LogP contribution < -0.4 is 0 Å². The Morgan fingerprint density at radius 3 is 2.46 bits per heavy atom. The van der Waals surface area contributed by atoms with Crippen molar-refractivity contribution in [2.45, 2.75) is 18.3 Å². The van der Waals surface area contributed by atoms with Gasteiger partial charge >= 0.3 is 0 Å². The van der Waals surface area contributed by atoms with Crippen LogP contribution in [-0.2, 0) is 10.2 Å². The normalized spacial score (nSPS) is 14.6. The van der Waals surface area contributed by atoms with Gasteiger partial charge in [-0.1, -0.05) is 37.3 Å². The van der Waals surface area contributed by atoms with Crippen LogP contribution in [-0.4, -0.2) is 29.9 Å². The third kappa shape index (κ3) is 3.15. The van der Waals surface area contributed by atoms with Crippen LogP contribution in [0.25, 0.3) is 10.2 Å². The smallest absolute Gasteiger partial charge is 0.233 e. The predicted octanol–water partition coefficient (Wildman–Crippen LogP) is 4.75. The molecule has 3 rings (SSSR count). The third-order valence-electron chi connectivity index (χ3n) is 4.74. The molecule has 0 aliphatic heterocycles. The molecule has 134 valence electrons. The first-order chi connectivity index (χ1) is 12.4. The molecule has 1 aromatic heterocycles. The summed E-state index contributed by atoms with van der Waals surface area (Å²) in [5.41, 5.74) is 0.978. The summed E-state index contributed by atoms with van der Waals surface area (Å²) in [7, 11) is 3.47. The van der Waals surface area contributed by atoms with Crippen molar-refractivity contribution in [1.29, 1.82) is 0 Å². The van der Waals surface area contributed by atoms with E-state index in [1.165, 1.54) is 23.5 Å². The molecule has 0 aliphatic carbocycles. The van der Waals surface area contributed by atoms with Crippen LogP contribution in [0.3, 0.4) is 0 Å². The van der Waals surface area contributed by atoms with Gasteiger partial charge in [0.2, 0.25) is 5.91 Å². The summed E-state index contributed by atoms with van der Waals surface area (Å²) in [6, 6.07) is 14.1. The Bertz CT molecular complexity index is 915. The number of nitrogens with zero attached hydrogens (tertiary/aromatic N) is 2. The summed E-state index contributed by atoms with van der Waals surface area (Å²) < 4.78 is 14.4. The largest absolute Gasteiger partial charge is 0.348 e. The lowest BCUT2D eigenvalue weighted by molar-refractivity contribution is -0.131. The van der Waals surface area contributed by atoms with Crippen LogP contribution in [0, 0.1) is 5.82 Å². The molecule has 2 aromatic carbocycles. The fraction of sp³-hybridized carbons (Fsp3) is 0.238. The maximum Gasteiger partial charge on any atom is 0.233 e. The van der Waals surface area contributed by atoms with Crippen LogP contribution in [0.4, 0.5) is 4.39 Å². The van der Waals surface area contributed by atoms with Crippen LogP contribution in [0.15, 0.2) is 61.2 Å². The van der Waals surface area contributed by atoms with Crippen molar-refractivity contribution in [3.05, 3.63) is 77.6 Å². The Kier molecular flexibility index (Phi) is 4.92. The molecule has 1 heterocycles. The van der Waals surface area contributed by atoms with Gasteiger partial charge in [-0.25, -0.2) is 9.37 Å². The van der Waals surface area contributed by atoms with Gasteiger partial charge in [-0.3, -0.25) is 4.79 Å². The second kappa shape index (κ2) is 7.00. The number of para-hydroxylation sites is 1. The van der Waals surface area contributed by atoms with Crippen molar-refractivity contribution in [3.63, 3.8) is 0 Å². The number of allylic oxidation sites excluding steroid dienone is 1. The van der Waals surface area contributed by atoms with Crippen molar-refractivity contribution < 1.29 is 9.18 Å². The summed E-state index contributed by atoms with van der Waals surface area (Å²) in [5.74, 6) is -0.913. The van der Waals surface area contributed by atoms with Crippen molar-refractivity contribution >= 4 is 27.5 Å². The fourth-order valence-electron chi connectivity index (χ4n) is 3.10. The van der Waals surface area contributed by atoms with E-state index >= 15 is 0 Å². The molecule has 0 saturated carbocycles. The number of halogens is 1. The minimum absolute atomic E-state index is 0.0595. The highest BCUT2D eigenvalue weighted by Gasteiger charge is 2.42. The number of aromatic nitrogens is 1. The molecule has 0 fully saturated rings. The van der Waals surface area contributed by atoms with Gasteiger partial charge in [-0.2, -0.15) is 0 Å². The molecule has 0 N–H and O–H groups in total. The molecule has 0 radical (unpaired) electrons. The van der Waals surface area contributed by atoms with Gasteiger partial charge in [0.15, 0.2) is 0 Å². The summed E-state index contributed by atoms with van der Waals surface area (Å²) >= 11 is 1.51. The standard InChI is InChI=1S/C21H21FN2OS/c1-5-21(2,14-10-12-15(22)13-11-14)18(20(25)24(3)4)19-23-16-8-6-7-9-17(16)26-19/h5-13,18H,1H2,2-4H3/t18-,21+/m1/s1. The van der Waals surface area contributed by atoms with Crippen molar-refractivity contribution in [2.24, 2.45) is 0 Å². The van der Waals surface area contributed by atoms with Crippen LogP contribution in [0.2, 0.25) is 0 Å². The Morgan fingerprint density at radius 2 is 1.88 bits per heavy atom. The summed E-state index contributed by atoms with van der Waals surface area (Å²) in [6.07, 6.45) is 1.76. The lowest BCUT2D eigenvalue weighted by atomic mass is 9.71. The lowest BCUT2D eigenvalue weighted by Crippen LogP contribution is -2.40. The minimum atomic E-state index is -0.719. The number of carbonyl (C=O) groups excluding carboxylic acids is 1. The van der Waals surface area contributed by atoms with E-state index in [-0.39, 0.29) is 11.7 Å². The van der Waals surface area contributed by atoms with Gasteiger partial charge in [-0.15, -0.1) is 17.9 Å². The highest BCUT2D eigenvalue weighted by atomic mass is 32.1. The monoisotopic (exact) mass is 368 g/mol. The van der Waals surface area contributed by atoms with Gasteiger partial charge < -0.3 is 4.90 Å². The van der Waals surface area contributed by atoms with E-state index in [4.69, 9.17) is 4.98 Å². The van der Waals surface area contributed by atoms with Gasteiger partial charge in [0.25, 0.3) is 0 Å². The van der Waals surface area contributed by atoms with Gasteiger partial charge in [-0.05, 0) is 29.8 Å². The maximum absolute atomic E-state index is 13.4. The average molecular weight is 368 g/mol. The highest BCUT2D eigenvalue weighted by Crippen LogP contribution is 2.43. The Hall–Kier alpha value is -2.53. The van der Waals surface area contributed by atoms with Crippen molar-refractivity contribution in [1.82, 2.24) is 9.88 Å². The average Bonchev–Trinajstić information content (AvgIpc) is 3.05. The zero-order valence-corrected chi connectivity index (χ0v) is 15.9. The van der Waals surface area contributed by atoms with Gasteiger partial charge in [0.05, 0.1) is 10.2 Å². The van der Waals surface area contributed by atoms with Crippen LogP contribution >= 0.6 is 11.3 Å². The predicted molar refractivity (Wildman–Crippen MR) is 105 cm³/mol. The fourth-order valence-corrected chi connectivity index (χ4v) is 4.30. The zero-order valence-electron chi connectivity index (χ0n) is 15.1. The zero-order chi connectivity index (χ0) is 18.9. The second-order valence-electron chi connectivity index (χ2n) is 6.68. The molecule has 26 heavy (non-hydrogen) atoms. The van der Waals surface area contributed by atoms with E-state index in [9.17, 15) is 9.18 Å². The number of hydrogen-bond donors (Lipinski definition) is 0. The number of rotatable bonds is 5. The van der Waals surface area contributed by atoms with E-state index in [1.807, 2.05) is 31.2 Å². The SMILES string of the molecule is C=C[C@@](C)(c1ccc(F)cc1)[C@@H](C(=O)N(C)C)c1nc2ccccc2s1.